The van der Waals surface area contributed by atoms with Gasteiger partial charge in [-0.25, -0.2) is 0 Å². The Hall–Kier alpha value is -0.870. The van der Waals surface area contributed by atoms with Gasteiger partial charge in [-0.3, -0.25) is 4.79 Å². The zero-order valence-corrected chi connectivity index (χ0v) is 11.2. The highest BCUT2D eigenvalue weighted by atomic mass is 16.5. The van der Waals surface area contributed by atoms with Crippen molar-refractivity contribution in [3.63, 3.8) is 0 Å². The highest BCUT2D eigenvalue weighted by Gasteiger charge is 2.27. The van der Waals surface area contributed by atoms with Crippen LogP contribution >= 0.6 is 0 Å². The number of rotatable bonds is 5. The van der Waals surface area contributed by atoms with Gasteiger partial charge in [-0.05, 0) is 12.8 Å². The SMILES string of the molecule is C=C(C)CN[C@H](C(=O)N1CCOCC1)C(C)C. The van der Waals surface area contributed by atoms with E-state index in [1.807, 2.05) is 11.8 Å². The zero-order chi connectivity index (χ0) is 12.8. The third-order valence-corrected chi connectivity index (χ3v) is 2.88. The molecule has 98 valence electrons. The van der Waals surface area contributed by atoms with Gasteiger partial charge in [0, 0.05) is 19.6 Å². The maximum Gasteiger partial charge on any atom is 0.240 e. The first-order valence-electron chi connectivity index (χ1n) is 6.26. The number of carbonyl (C=O) groups is 1. The molecule has 0 aromatic heterocycles. The Morgan fingerprint density at radius 1 is 1.41 bits per heavy atom. The normalized spacial score (nSPS) is 18.2. The van der Waals surface area contributed by atoms with Crippen LogP contribution < -0.4 is 5.32 Å². The number of morpholine rings is 1. The van der Waals surface area contributed by atoms with Gasteiger partial charge in [0.15, 0.2) is 0 Å². The Labute approximate surface area is 104 Å². The summed E-state index contributed by atoms with van der Waals surface area (Å²) in [6.07, 6.45) is 0. The molecule has 0 saturated carbocycles. The van der Waals surface area contributed by atoms with Gasteiger partial charge in [-0.1, -0.05) is 26.0 Å². The summed E-state index contributed by atoms with van der Waals surface area (Å²) in [5.41, 5.74) is 1.05. The van der Waals surface area contributed by atoms with E-state index in [0.717, 1.165) is 5.57 Å². The van der Waals surface area contributed by atoms with Gasteiger partial charge in [0.2, 0.25) is 5.91 Å². The summed E-state index contributed by atoms with van der Waals surface area (Å²) in [5.74, 6) is 0.467. The molecule has 1 fully saturated rings. The fourth-order valence-corrected chi connectivity index (χ4v) is 1.87. The summed E-state index contributed by atoms with van der Waals surface area (Å²) in [6.45, 7) is 13.3. The average Bonchev–Trinajstić information content (AvgIpc) is 2.29. The molecule has 1 saturated heterocycles. The lowest BCUT2D eigenvalue weighted by atomic mass is 10.0. The van der Waals surface area contributed by atoms with E-state index >= 15 is 0 Å². The summed E-state index contributed by atoms with van der Waals surface area (Å²) < 4.78 is 5.26. The molecule has 17 heavy (non-hydrogen) atoms. The minimum Gasteiger partial charge on any atom is -0.378 e. The van der Waals surface area contributed by atoms with Crippen molar-refractivity contribution in [2.24, 2.45) is 5.92 Å². The Morgan fingerprint density at radius 2 is 2.00 bits per heavy atom. The lowest BCUT2D eigenvalue weighted by molar-refractivity contribution is -0.138. The Morgan fingerprint density at radius 3 is 2.47 bits per heavy atom. The highest BCUT2D eigenvalue weighted by Crippen LogP contribution is 2.08. The Balaban J connectivity index is 2.55. The number of nitrogens with one attached hydrogen (secondary N) is 1. The van der Waals surface area contributed by atoms with Gasteiger partial charge in [-0.2, -0.15) is 0 Å². The number of amides is 1. The van der Waals surface area contributed by atoms with E-state index in [1.165, 1.54) is 0 Å². The molecule has 1 heterocycles. The second-order valence-corrected chi connectivity index (χ2v) is 5.00. The number of hydrogen-bond acceptors (Lipinski definition) is 3. The molecule has 0 aromatic carbocycles. The van der Waals surface area contributed by atoms with Crippen LogP contribution in [0.2, 0.25) is 0 Å². The molecule has 4 heteroatoms. The van der Waals surface area contributed by atoms with E-state index in [4.69, 9.17) is 4.74 Å². The van der Waals surface area contributed by atoms with E-state index in [2.05, 4.69) is 25.7 Å². The molecule has 0 aliphatic carbocycles. The van der Waals surface area contributed by atoms with Gasteiger partial charge in [-0.15, -0.1) is 0 Å². The molecule has 1 atom stereocenters. The molecule has 1 amide bonds. The fourth-order valence-electron chi connectivity index (χ4n) is 1.87. The molecule has 0 spiro atoms. The van der Waals surface area contributed by atoms with Crippen molar-refractivity contribution >= 4 is 5.91 Å². The topological polar surface area (TPSA) is 41.6 Å². The minimum absolute atomic E-state index is 0.121. The van der Waals surface area contributed by atoms with Crippen LogP contribution in [0, 0.1) is 5.92 Å². The second-order valence-electron chi connectivity index (χ2n) is 5.00. The van der Waals surface area contributed by atoms with E-state index in [-0.39, 0.29) is 17.9 Å². The predicted octanol–water partition coefficient (Wildman–Crippen LogP) is 1.04. The molecule has 4 nitrogen and oxygen atoms in total. The third-order valence-electron chi connectivity index (χ3n) is 2.88. The van der Waals surface area contributed by atoms with E-state index in [9.17, 15) is 4.79 Å². The van der Waals surface area contributed by atoms with Gasteiger partial charge >= 0.3 is 0 Å². The van der Waals surface area contributed by atoms with Gasteiger partial charge in [0.1, 0.15) is 0 Å². The molecule has 1 rings (SSSR count). The molecule has 1 N–H and O–H groups in total. The van der Waals surface area contributed by atoms with Crippen LogP contribution in [0.25, 0.3) is 0 Å². The summed E-state index contributed by atoms with van der Waals surface area (Å²) in [6, 6.07) is -0.121. The molecule has 1 aliphatic heterocycles. The summed E-state index contributed by atoms with van der Waals surface area (Å²) in [4.78, 5) is 14.2. The molecule has 0 aromatic rings. The predicted molar refractivity (Wildman–Crippen MR) is 68.8 cm³/mol. The summed E-state index contributed by atoms with van der Waals surface area (Å²) in [5, 5.41) is 3.28. The van der Waals surface area contributed by atoms with Crippen LogP contribution in [-0.4, -0.2) is 49.7 Å². The first-order valence-corrected chi connectivity index (χ1v) is 6.26. The van der Waals surface area contributed by atoms with Crippen molar-refractivity contribution in [3.8, 4) is 0 Å². The summed E-state index contributed by atoms with van der Waals surface area (Å²) >= 11 is 0. The fraction of sp³-hybridized carbons (Fsp3) is 0.769. The second kappa shape index (κ2) is 6.77. The number of hydrogen-bond donors (Lipinski definition) is 1. The maximum atomic E-state index is 12.3. The maximum absolute atomic E-state index is 12.3. The number of carbonyl (C=O) groups excluding carboxylic acids is 1. The van der Waals surface area contributed by atoms with Crippen molar-refractivity contribution in [1.82, 2.24) is 10.2 Å². The number of nitrogens with zero attached hydrogens (tertiary/aromatic N) is 1. The van der Waals surface area contributed by atoms with E-state index in [1.54, 1.807) is 0 Å². The Bertz CT molecular complexity index is 271. The van der Waals surface area contributed by atoms with Crippen molar-refractivity contribution in [2.45, 2.75) is 26.8 Å². The van der Waals surface area contributed by atoms with Gasteiger partial charge < -0.3 is 15.0 Å². The van der Waals surface area contributed by atoms with Crippen LogP contribution in [0.5, 0.6) is 0 Å². The van der Waals surface area contributed by atoms with Crippen LogP contribution in [0.15, 0.2) is 12.2 Å². The van der Waals surface area contributed by atoms with Crippen molar-refractivity contribution in [2.75, 3.05) is 32.8 Å². The van der Waals surface area contributed by atoms with Crippen LogP contribution in [0.4, 0.5) is 0 Å². The molecule has 0 unspecified atom stereocenters. The lowest BCUT2D eigenvalue weighted by Gasteiger charge is -2.32. The first-order chi connectivity index (χ1) is 8.02. The molecule has 0 bridgehead atoms. The lowest BCUT2D eigenvalue weighted by Crippen LogP contribution is -2.52. The van der Waals surface area contributed by atoms with E-state index in [0.29, 0.717) is 32.8 Å². The standard InChI is InChI=1S/C13H24N2O2/c1-10(2)9-14-12(11(3)4)13(16)15-5-7-17-8-6-15/h11-12,14H,1,5-9H2,2-4H3/t12-/m0/s1. The van der Waals surface area contributed by atoms with E-state index < -0.39 is 0 Å². The first kappa shape index (κ1) is 14.2. The molecule has 0 radical (unpaired) electrons. The van der Waals surface area contributed by atoms with Crippen LogP contribution in [-0.2, 0) is 9.53 Å². The molecular weight excluding hydrogens is 216 g/mol. The molecule has 1 aliphatic rings. The minimum atomic E-state index is -0.121. The third kappa shape index (κ3) is 4.48. The largest absolute Gasteiger partial charge is 0.378 e. The number of ether oxygens (including phenoxy) is 1. The smallest absolute Gasteiger partial charge is 0.240 e. The Kier molecular flexibility index (Phi) is 5.65. The van der Waals surface area contributed by atoms with Crippen LogP contribution in [0.1, 0.15) is 20.8 Å². The monoisotopic (exact) mass is 240 g/mol. The van der Waals surface area contributed by atoms with Crippen LogP contribution in [0.3, 0.4) is 0 Å². The van der Waals surface area contributed by atoms with Gasteiger partial charge in [0.05, 0.1) is 19.3 Å². The van der Waals surface area contributed by atoms with Gasteiger partial charge in [0.25, 0.3) is 0 Å². The quantitative estimate of drug-likeness (QED) is 0.730. The molecular formula is C13H24N2O2. The van der Waals surface area contributed by atoms with Crippen molar-refractivity contribution in [3.05, 3.63) is 12.2 Å². The highest BCUT2D eigenvalue weighted by molar-refractivity contribution is 5.82. The zero-order valence-electron chi connectivity index (χ0n) is 11.2. The van der Waals surface area contributed by atoms with Crippen molar-refractivity contribution in [1.29, 1.82) is 0 Å². The summed E-state index contributed by atoms with van der Waals surface area (Å²) in [7, 11) is 0. The average molecular weight is 240 g/mol. The van der Waals surface area contributed by atoms with Crippen molar-refractivity contribution < 1.29 is 9.53 Å².